The van der Waals surface area contributed by atoms with Crippen LogP contribution < -0.4 is 10.5 Å². The number of rotatable bonds is 5. The minimum atomic E-state index is -0.372. The predicted molar refractivity (Wildman–Crippen MR) is 87.3 cm³/mol. The number of para-hydroxylation sites is 1. The van der Waals surface area contributed by atoms with E-state index in [1.807, 2.05) is 38.1 Å². The first-order valence-corrected chi connectivity index (χ1v) is 7.77. The van der Waals surface area contributed by atoms with E-state index in [-0.39, 0.29) is 17.6 Å². The summed E-state index contributed by atoms with van der Waals surface area (Å²) in [7, 11) is 0. The van der Waals surface area contributed by atoms with Gasteiger partial charge in [-0.3, -0.25) is 0 Å². The van der Waals surface area contributed by atoms with E-state index in [2.05, 4.69) is 15.9 Å². The summed E-state index contributed by atoms with van der Waals surface area (Å²) in [4.78, 5) is 0. The molecule has 1 unspecified atom stereocenters. The summed E-state index contributed by atoms with van der Waals surface area (Å²) >= 11 is 3.45. The van der Waals surface area contributed by atoms with Crippen LogP contribution in [-0.4, -0.2) is 6.04 Å². The molecule has 112 valence electrons. The molecule has 0 fully saturated rings. The van der Waals surface area contributed by atoms with Crippen molar-refractivity contribution in [3.63, 3.8) is 0 Å². The average Bonchev–Trinajstić information content (AvgIpc) is 2.44. The second-order valence-electron chi connectivity index (χ2n) is 5.14. The lowest BCUT2D eigenvalue weighted by atomic mass is 10.0. The van der Waals surface area contributed by atoms with Crippen molar-refractivity contribution in [1.29, 1.82) is 0 Å². The van der Waals surface area contributed by atoms with E-state index >= 15 is 0 Å². The molecule has 0 aromatic heterocycles. The molecule has 1 atom stereocenters. The highest BCUT2D eigenvalue weighted by molar-refractivity contribution is 9.10. The standard InChI is InChI=1S/C17H19BrFNO/c1-3-13(20)10-12-5-4-6-15(19)17(12)21-16-8-7-11(2)9-14(16)18/h4-9,13H,3,10,20H2,1-2H3. The Balaban J connectivity index is 2.34. The summed E-state index contributed by atoms with van der Waals surface area (Å²) in [5.74, 6) is 0.478. The highest BCUT2D eigenvalue weighted by Crippen LogP contribution is 2.34. The fourth-order valence-electron chi connectivity index (χ4n) is 2.05. The molecule has 0 aliphatic heterocycles. The molecule has 2 aromatic rings. The number of hydrogen-bond donors (Lipinski definition) is 1. The van der Waals surface area contributed by atoms with Gasteiger partial charge in [0.1, 0.15) is 5.75 Å². The molecule has 0 saturated carbocycles. The van der Waals surface area contributed by atoms with E-state index in [4.69, 9.17) is 10.5 Å². The van der Waals surface area contributed by atoms with Crippen molar-refractivity contribution in [3.8, 4) is 11.5 Å². The van der Waals surface area contributed by atoms with E-state index in [9.17, 15) is 4.39 Å². The largest absolute Gasteiger partial charge is 0.453 e. The Labute approximate surface area is 133 Å². The third-order valence-electron chi connectivity index (χ3n) is 3.35. The maximum atomic E-state index is 14.1. The SMILES string of the molecule is CCC(N)Cc1cccc(F)c1Oc1ccc(C)cc1Br. The number of nitrogens with two attached hydrogens (primary N) is 1. The molecule has 2 aromatic carbocycles. The molecule has 0 aliphatic rings. The first-order valence-electron chi connectivity index (χ1n) is 6.98. The molecule has 0 aliphatic carbocycles. The lowest BCUT2D eigenvalue weighted by Crippen LogP contribution is -2.21. The molecule has 0 bridgehead atoms. The Morgan fingerprint density at radius 1 is 1.29 bits per heavy atom. The molecule has 2 nitrogen and oxygen atoms in total. The van der Waals surface area contributed by atoms with Crippen molar-refractivity contribution in [2.24, 2.45) is 5.73 Å². The highest BCUT2D eigenvalue weighted by atomic mass is 79.9. The molecular weight excluding hydrogens is 333 g/mol. The monoisotopic (exact) mass is 351 g/mol. The quantitative estimate of drug-likeness (QED) is 0.825. The van der Waals surface area contributed by atoms with Gasteiger partial charge in [0.05, 0.1) is 4.47 Å². The Hall–Kier alpha value is -1.39. The van der Waals surface area contributed by atoms with Gasteiger partial charge in [0.2, 0.25) is 0 Å². The normalized spacial score (nSPS) is 12.2. The first kappa shape index (κ1) is 16.0. The lowest BCUT2D eigenvalue weighted by molar-refractivity contribution is 0.431. The van der Waals surface area contributed by atoms with E-state index in [1.165, 1.54) is 6.07 Å². The maximum Gasteiger partial charge on any atom is 0.166 e. The van der Waals surface area contributed by atoms with E-state index in [1.54, 1.807) is 6.07 Å². The zero-order valence-electron chi connectivity index (χ0n) is 12.2. The zero-order valence-corrected chi connectivity index (χ0v) is 13.8. The van der Waals surface area contributed by atoms with Crippen LogP contribution in [-0.2, 0) is 6.42 Å². The van der Waals surface area contributed by atoms with Gasteiger partial charge in [-0.25, -0.2) is 4.39 Å². The van der Waals surface area contributed by atoms with Crippen LogP contribution in [0.25, 0.3) is 0 Å². The molecular formula is C17H19BrFNO. The minimum absolute atomic E-state index is 0.00407. The second-order valence-corrected chi connectivity index (χ2v) is 5.99. The van der Waals surface area contributed by atoms with Gasteiger partial charge in [-0.1, -0.05) is 25.1 Å². The smallest absolute Gasteiger partial charge is 0.166 e. The van der Waals surface area contributed by atoms with Gasteiger partial charge in [-0.05, 0) is 65.0 Å². The van der Waals surface area contributed by atoms with E-state index in [0.717, 1.165) is 22.0 Å². The van der Waals surface area contributed by atoms with Gasteiger partial charge in [-0.15, -0.1) is 0 Å². The van der Waals surface area contributed by atoms with E-state index in [0.29, 0.717) is 12.2 Å². The van der Waals surface area contributed by atoms with Gasteiger partial charge in [0.25, 0.3) is 0 Å². The number of ether oxygens (including phenoxy) is 1. The molecule has 0 radical (unpaired) electrons. The van der Waals surface area contributed by atoms with Crippen LogP contribution in [0.5, 0.6) is 11.5 Å². The van der Waals surface area contributed by atoms with Gasteiger partial charge in [0.15, 0.2) is 11.6 Å². The van der Waals surface area contributed by atoms with Crippen LogP contribution in [0.15, 0.2) is 40.9 Å². The van der Waals surface area contributed by atoms with E-state index < -0.39 is 0 Å². The summed E-state index contributed by atoms with van der Waals surface area (Å²) in [6, 6.07) is 10.6. The maximum absolute atomic E-state index is 14.1. The summed E-state index contributed by atoms with van der Waals surface area (Å²) in [5, 5.41) is 0. The third-order valence-corrected chi connectivity index (χ3v) is 3.97. The van der Waals surface area contributed by atoms with Crippen molar-refractivity contribution < 1.29 is 9.13 Å². The zero-order chi connectivity index (χ0) is 15.4. The van der Waals surface area contributed by atoms with Gasteiger partial charge >= 0.3 is 0 Å². The Kier molecular flexibility index (Phi) is 5.37. The fourth-order valence-corrected chi connectivity index (χ4v) is 2.63. The molecule has 4 heteroatoms. The van der Waals surface area contributed by atoms with Gasteiger partial charge < -0.3 is 10.5 Å². The lowest BCUT2D eigenvalue weighted by Gasteiger charge is -2.15. The van der Waals surface area contributed by atoms with Crippen molar-refractivity contribution in [3.05, 3.63) is 57.8 Å². The molecule has 2 rings (SSSR count). The van der Waals surface area contributed by atoms with Crippen LogP contribution >= 0.6 is 15.9 Å². The summed E-state index contributed by atoms with van der Waals surface area (Å²) in [5.41, 5.74) is 7.88. The van der Waals surface area contributed by atoms with Crippen molar-refractivity contribution >= 4 is 15.9 Å². The van der Waals surface area contributed by atoms with Crippen LogP contribution in [0.2, 0.25) is 0 Å². The predicted octanol–water partition coefficient (Wildman–Crippen LogP) is 4.97. The highest BCUT2D eigenvalue weighted by Gasteiger charge is 2.14. The van der Waals surface area contributed by atoms with Crippen LogP contribution in [0.3, 0.4) is 0 Å². The third kappa shape index (κ3) is 4.05. The topological polar surface area (TPSA) is 35.2 Å². The van der Waals surface area contributed by atoms with Crippen LogP contribution in [0.1, 0.15) is 24.5 Å². The Bertz CT molecular complexity index is 630. The molecule has 0 saturated heterocycles. The Morgan fingerprint density at radius 2 is 2.05 bits per heavy atom. The fraction of sp³-hybridized carbons (Fsp3) is 0.294. The van der Waals surface area contributed by atoms with Crippen LogP contribution in [0, 0.1) is 12.7 Å². The minimum Gasteiger partial charge on any atom is -0.453 e. The average molecular weight is 352 g/mol. The van der Waals surface area contributed by atoms with Crippen LogP contribution in [0.4, 0.5) is 4.39 Å². The van der Waals surface area contributed by atoms with Crippen molar-refractivity contribution in [1.82, 2.24) is 0 Å². The molecule has 0 spiro atoms. The Morgan fingerprint density at radius 3 is 2.71 bits per heavy atom. The second kappa shape index (κ2) is 7.05. The molecule has 0 heterocycles. The van der Waals surface area contributed by atoms with Gasteiger partial charge in [0, 0.05) is 6.04 Å². The molecule has 0 amide bonds. The van der Waals surface area contributed by atoms with Gasteiger partial charge in [-0.2, -0.15) is 0 Å². The molecule has 2 N–H and O–H groups in total. The number of benzene rings is 2. The number of halogens is 2. The molecule has 21 heavy (non-hydrogen) atoms. The number of aryl methyl sites for hydroxylation is 1. The summed E-state index contributed by atoms with van der Waals surface area (Å²) in [6.45, 7) is 4.00. The van der Waals surface area contributed by atoms with Crippen molar-refractivity contribution in [2.75, 3.05) is 0 Å². The number of hydrogen-bond acceptors (Lipinski definition) is 2. The summed E-state index contributed by atoms with van der Waals surface area (Å²) in [6.07, 6.45) is 1.43. The summed E-state index contributed by atoms with van der Waals surface area (Å²) < 4.78 is 20.7. The van der Waals surface area contributed by atoms with Crippen molar-refractivity contribution in [2.45, 2.75) is 32.7 Å². The first-order chi connectivity index (χ1) is 10.0.